The van der Waals surface area contributed by atoms with Crippen LogP contribution in [0.2, 0.25) is 0 Å². The average molecular weight is 332 g/mol. The standard InChI is InChI=1S/C17H17FN2O4/c1-22-13-4-6-14(7-5-13)24-11-17(21)20-19-10-12-3-8-16(23-2)15(18)9-12/h3-10H,11H2,1-2H3,(H,20,21)/b19-10-. The van der Waals surface area contributed by atoms with Crippen LogP contribution in [0.15, 0.2) is 47.6 Å². The molecule has 0 saturated carbocycles. The molecule has 0 fully saturated rings. The summed E-state index contributed by atoms with van der Waals surface area (Å²) in [6.07, 6.45) is 1.33. The van der Waals surface area contributed by atoms with Gasteiger partial charge in [0.25, 0.3) is 5.91 Å². The number of hydrogen-bond donors (Lipinski definition) is 1. The zero-order valence-corrected chi connectivity index (χ0v) is 13.3. The monoisotopic (exact) mass is 332 g/mol. The number of hydrogen-bond acceptors (Lipinski definition) is 5. The van der Waals surface area contributed by atoms with Crippen molar-refractivity contribution in [1.29, 1.82) is 0 Å². The number of ether oxygens (including phenoxy) is 3. The molecular formula is C17H17FN2O4. The smallest absolute Gasteiger partial charge is 0.277 e. The minimum atomic E-state index is -0.504. The van der Waals surface area contributed by atoms with Crippen molar-refractivity contribution in [2.24, 2.45) is 5.10 Å². The molecule has 2 aromatic carbocycles. The van der Waals surface area contributed by atoms with E-state index in [0.717, 1.165) is 0 Å². The Labute approximate surface area is 138 Å². The summed E-state index contributed by atoms with van der Waals surface area (Å²) in [5.74, 6) is 0.436. The second-order valence-corrected chi connectivity index (χ2v) is 4.65. The van der Waals surface area contributed by atoms with Gasteiger partial charge in [-0.1, -0.05) is 0 Å². The quantitative estimate of drug-likeness (QED) is 0.624. The van der Waals surface area contributed by atoms with Crippen LogP contribution in [-0.2, 0) is 4.79 Å². The van der Waals surface area contributed by atoms with Crippen LogP contribution in [0.1, 0.15) is 5.56 Å². The van der Waals surface area contributed by atoms with Gasteiger partial charge >= 0.3 is 0 Å². The number of methoxy groups -OCH3 is 2. The van der Waals surface area contributed by atoms with Crippen LogP contribution in [0.25, 0.3) is 0 Å². The van der Waals surface area contributed by atoms with Crippen LogP contribution >= 0.6 is 0 Å². The normalized spacial score (nSPS) is 10.5. The lowest BCUT2D eigenvalue weighted by atomic mass is 10.2. The molecule has 6 nitrogen and oxygen atoms in total. The van der Waals surface area contributed by atoms with E-state index in [1.54, 1.807) is 37.4 Å². The van der Waals surface area contributed by atoms with Crippen LogP contribution in [-0.4, -0.2) is 32.9 Å². The third-order valence-corrected chi connectivity index (χ3v) is 3.01. The zero-order valence-electron chi connectivity index (χ0n) is 13.3. The van der Waals surface area contributed by atoms with E-state index in [2.05, 4.69) is 10.5 Å². The maximum absolute atomic E-state index is 13.5. The summed E-state index contributed by atoms with van der Waals surface area (Å²) in [4.78, 5) is 11.6. The van der Waals surface area contributed by atoms with E-state index in [1.165, 1.54) is 25.5 Å². The molecule has 7 heteroatoms. The molecule has 0 aliphatic heterocycles. The van der Waals surface area contributed by atoms with Gasteiger partial charge in [-0.3, -0.25) is 4.79 Å². The SMILES string of the molecule is COc1ccc(OCC(=O)N/N=C\c2ccc(OC)c(F)c2)cc1. The van der Waals surface area contributed by atoms with Crippen molar-refractivity contribution >= 4 is 12.1 Å². The van der Waals surface area contributed by atoms with Crippen molar-refractivity contribution in [3.63, 3.8) is 0 Å². The largest absolute Gasteiger partial charge is 0.497 e. The van der Waals surface area contributed by atoms with E-state index in [0.29, 0.717) is 17.1 Å². The number of carbonyl (C=O) groups is 1. The van der Waals surface area contributed by atoms with Crippen LogP contribution in [0.5, 0.6) is 17.2 Å². The first-order valence-corrected chi connectivity index (χ1v) is 7.04. The first-order valence-electron chi connectivity index (χ1n) is 7.04. The molecule has 0 bridgehead atoms. The molecule has 1 N–H and O–H groups in total. The lowest BCUT2D eigenvalue weighted by Crippen LogP contribution is -2.24. The molecule has 0 atom stereocenters. The van der Waals surface area contributed by atoms with Crippen LogP contribution in [0.4, 0.5) is 4.39 Å². The van der Waals surface area contributed by atoms with Gasteiger partial charge in [-0.05, 0) is 48.0 Å². The molecule has 0 aliphatic rings. The number of amides is 1. The fraction of sp³-hybridized carbons (Fsp3) is 0.176. The fourth-order valence-electron chi connectivity index (χ4n) is 1.79. The molecule has 0 heterocycles. The zero-order chi connectivity index (χ0) is 17.4. The summed E-state index contributed by atoms with van der Waals surface area (Å²) in [5.41, 5.74) is 2.79. The Bertz CT molecular complexity index is 717. The van der Waals surface area contributed by atoms with E-state index in [1.807, 2.05) is 0 Å². The minimum absolute atomic E-state index is 0.143. The Morgan fingerprint density at radius 2 is 1.83 bits per heavy atom. The number of nitrogens with zero attached hydrogens (tertiary/aromatic N) is 1. The highest BCUT2D eigenvalue weighted by molar-refractivity contribution is 5.83. The van der Waals surface area contributed by atoms with Gasteiger partial charge in [-0.15, -0.1) is 0 Å². The average Bonchev–Trinajstić information content (AvgIpc) is 2.60. The third kappa shape index (κ3) is 4.98. The number of rotatable bonds is 7. The van der Waals surface area contributed by atoms with Crippen molar-refractivity contribution in [3.05, 3.63) is 53.8 Å². The van der Waals surface area contributed by atoms with Gasteiger partial charge in [0.1, 0.15) is 11.5 Å². The molecule has 0 unspecified atom stereocenters. The maximum atomic E-state index is 13.5. The molecule has 1 amide bonds. The molecule has 2 aromatic rings. The highest BCUT2D eigenvalue weighted by Gasteiger charge is 2.03. The van der Waals surface area contributed by atoms with Gasteiger partial charge in [-0.25, -0.2) is 9.82 Å². The van der Waals surface area contributed by atoms with Crippen molar-refractivity contribution in [2.75, 3.05) is 20.8 Å². The highest BCUT2D eigenvalue weighted by atomic mass is 19.1. The summed E-state index contributed by atoms with van der Waals surface area (Å²) >= 11 is 0. The van der Waals surface area contributed by atoms with Gasteiger partial charge in [0.05, 0.1) is 20.4 Å². The number of carbonyl (C=O) groups excluding carboxylic acids is 1. The topological polar surface area (TPSA) is 69.2 Å². The summed E-state index contributed by atoms with van der Waals surface area (Å²) in [7, 11) is 2.95. The number of halogens is 1. The molecule has 2 rings (SSSR count). The Morgan fingerprint density at radius 1 is 1.12 bits per heavy atom. The lowest BCUT2D eigenvalue weighted by molar-refractivity contribution is -0.123. The van der Waals surface area contributed by atoms with E-state index < -0.39 is 11.7 Å². The molecule has 0 aromatic heterocycles. The maximum Gasteiger partial charge on any atom is 0.277 e. The van der Waals surface area contributed by atoms with Crippen molar-refractivity contribution < 1.29 is 23.4 Å². The molecule has 24 heavy (non-hydrogen) atoms. The van der Waals surface area contributed by atoms with Crippen LogP contribution < -0.4 is 19.6 Å². The lowest BCUT2D eigenvalue weighted by Gasteiger charge is -2.06. The van der Waals surface area contributed by atoms with Crippen LogP contribution in [0.3, 0.4) is 0 Å². The Kier molecular flexibility index (Phi) is 6.13. The molecule has 0 saturated heterocycles. The number of benzene rings is 2. The van der Waals surface area contributed by atoms with Gasteiger partial charge in [-0.2, -0.15) is 5.10 Å². The van der Waals surface area contributed by atoms with E-state index in [9.17, 15) is 9.18 Å². The predicted octanol–water partition coefficient (Wildman–Crippen LogP) is 2.37. The predicted molar refractivity (Wildman–Crippen MR) is 87.2 cm³/mol. The summed E-state index contributed by atoms with van der Waals surface area (Å²) in [6.45, 7) is -0.194. The second kappa shape index (κ2) is 8.52. The molecular weight excluding hydrogens is 315 g/mol. The van der Waals surface area contributed by atoms with Gasteiger partial charge in [0.2, 0.25) is 0 Å². The van der Waals surface area contributed by atoms with Crippen molar-refractivity contribution in [3.8, 4) is 17.2 Å². The van der Waals surface area contributed by atoms with Crippen molar-refractivity contribution in [1.82, 2.24) is 5.43 Å². The molecule has 0 spiro atoms. The Balaban J connectivity index is 1.80. The molecule has 0 radical (unpaired) electrons. The van der Waals surface area contributed by atoms with E-state index >= 15 is 0 Å². The fourth-order valence-corrected chi connectivity index (χ4v) is 1.79. The summed E-state index contributed by atoms with van der Waals surface area (Å²) in [5, 5.41) is 3.75. The Hall–Kier alpha value is -3.09. The molecule has 0 aliphatic carbocycles. The van der Waals surface area contributed by atoms with Crippen LogP contribution in [0, 0.1) is 5.82 Å². The summed E-state index contributed by atoms with van der Waals surface area (Å²) < 4.78 is 28.6. The number of hydrazone groups is 1. The van der Waals surface area contributed by atoms with E-state index in [4.69, 9.17) is 14.2 Å². The second-order valence-electron chi connectivity index (χ2n) is 4.65. The first-order chi connectivity index (χ1) is 11.6. The van der Waals surface area contributed by atoms with Crippen molar-refractivity contribution in [2.45, 2.75) is 0 Å². The van der Waals surface area contributed by atoms with E-state index in [-0.39, 0.29) is 12.4 Å². The van der Waals surface area contributed by atoms with Gasteiger partial charge in [0.15, 0.2) is 18.2 Å². The molecule has 126 valence electrons. The Morgan fingerprint density at radius 3 is 2.46 bits per heavy atom. The third-order valence-electron chi connectivity index (χ3n) is 3.01. The first kappa shape index (κ1) is 17.3. The van der Waals surface area contributed by atoms with Gasteiger partial charge in [0, 0.05) is 0 Å². The van der Waals surface area contributed by atoms with Gasteiger partial charge < -0.3 is 14.2 Å². The highest BCUT2D eigenvalue weighted by Crippen LogP contribution is 2.17. The summed E-state index contributed by atoms with van der Waals surface area (Å²) in [6, 6.07) is 11.2. The number of nitrogens with one attached hydrogen (secondary N) is 1. The minimum Gasteiger partial charge on any atom is -0.497 e.